The average molecular weight is 302 g/mol. The number of thiophene rings is 1. The van der Waals surface area contributed by atoms with Gasteiger partial charge in [-0.15, -0.1) is 11.3 Å². The quantitative estimate of drug-likeness (QED) is 0.930. The van der Waals surface area contributed by atoms with E-state index in [-0.39, 0.29) is 12.0 Å². The molecule has 2 rings (SSSR count). The number of nitrogens with two attached hydrogens (primary N) is 1. The minimum absolute atomic E-state index is 0.0447. The van der Waals surface area contributed by atoms with Crippen molar-refractivity contribution in [3.8, 4) is 0 Å². The molecule has 0 radical (unpaired) electrons. The summed E-state index contributed by atoms with van der Waals surface area (Å²) in [5.74, 6) is 0.267. The van der Waals surface area contributed by atoms with E-state index in [1.54, 1.807) is 10.4 Å². The van der Waals surface area contributed by atoms with Crippen molar-refractivity contribution in [1.29, 1.82) is 0 Å². The van der Waals surface area contributed by atoms with Gasteiger partial charge in [-0.3, -0.25) is 0 Å². The monoisotopic (exact) mass is 302 g/mol. The van der Waals surface area contributed by atoms with Gasteiger partial charge in [-0.05, 0) is 45.6 Å². The van der Waals surface area contributed by atoms with E-state index in [9.17, 15) is 8.42 Å². The van der Waals surface area contributed by atoms with Gasteiger partial charge in [0.05, 0.1) is 4.90 Å². The second-order valence-electron chi connectivity index (χ2n) is 5.40. The highest BCUT2D eigenvalue weighted by Gasteiger charge is 2.32. The molecule has 1 saturated heterocycles. The van der Waals surface area contributed by atoms with E-state index >= 15 is 0 Å². The summed E-state index contributed by atoms with van der Waals surface area (Å²) in [6, 6.07) is 1.83. The van der Waals surface area contributed by atoms with E-state index in [2.05, 4.69) is 0 Å². The van der Waals surface area contributed by atoms with Gasteiger partial charge >= 0.3 is 0 Å². The minimum Gasteiger partial charge on any atom is -0.328 e. The summed E-state index contributed by atoms with van der Waals surface area (Å²) in [5.41, 5.74) is 5.93. The topological polar surface area (TPSA) is 63.4 Å². The fourth-order valence-electron chi connectivity index (χ4n) is 2.62. The molecular formula is C13H22N2O2S2. The van der Waals surface area contributed by atoms with Crippen LogP contribution in [0.5, 0.6) is 0 Å². The van der Waals surface area contributed by atoms with Crippen molar-refractivity contribution in [2.45, 2.75) is 44.6 Å². The Morgan fingerprint density at radius 1 is 1.47 bits per heavy atom. The van der Waals surface area contributed by atoms with Gasteiger partial charge in [0.1, 0.15) is 0 Å². The summed E-state index contributed by atoms with van der Waals surface area (Å²) in [6.07, 6.45) is 1.92. The molecule has 108 valence electrons. The van der Waals surface area contributed by atoms with Crippen molar-refractivity contribution in [3.63, 3.8) is 0 Å². The Labute approximate surface area is 119 Å². The molecule has 4 nitrogen and oxygen atoms in total. The molecule has 1 aromatic heterocycles. The highest BCUT2D eigenvalue weighted by Crippen LogP contribution is 2.30. The van der Waals surface area contributed by atoms with Crippen LogP contribution in [0.2, 0.25) is 0 Å². The van der Waals surface area contributed by atoms with E-state index in [1.165, 1.54) is 11.3 Å². The molecule has 19 heavy (non-hydrogen) atoms. The zero-order valence-corrected chi connectivity index (χ0v) is 13.4. The van der Waals surface area contributed by atoms with Crippen molar-refractivity contribution in [2.75, 3.05) is 13.1 Å². The fraction of sp³-hybridized carbons (Fsp3) is 0.692. The van der Waals surface area contributed by atoms with Gasteiger partial charge in [0.15, 0.2) is 0 Å². The van der Waals surface area contributed by atoms with E-state index in [0.29, 0.717) is 18.0 Å². The van der Waals surface area contributed by atoms with Gasteiger partial charge in [0, 0.05) is 28.9 Å². The molecule has 1 aliphatic rings. The lowest BCUT2D eigenvalue weighted by atomic mass is 9.93. The highest BCUT2D eigenvalue weighted by molar-refractivity contribution is 7.89. The molecule has 0 amide bonds. The third-order valence-electron chi connectivity index (χ3n) is 3.78. The molecule has 1 fully saturated rings. The molecule has 0 aromatic carbocycles. The third kappa shape index (κ3) is 3.02. The Hall–Kier alpha value is -0.430. The number of sulfonamides is 1. The summed E-state index contributed by atoms with van der Waals surface area (Å²) in [7, 11) is -3.35. The third-order valence-corrected chi connectivity index (χ3v) is 6.86. The van der Waals surface area contributed by atoms with Crippen LogP contribution < -0.4 is 5.73 Å². The maximum absolute atomic E-state index is 12.7. The molecule has 1 aliphatic heterocycles. The van der Waals surface area contributed by atoms with Crippen LogP contribution in [0.15, 0.2) is 11.0 Å². The van der Waals surface area contributed by atoms with Crippen LogP contribution in [0.3, 0.4) is 0 Å². The van der Waals surface area contributed by atoms with Crippen LogP contribution in [-0.2, 0) is 10.0 Å². The fourth-order valence-corrected chi connectivity index (χ4v) is 5.68. The second kappa shape index (κ2) is 5.52. The summed E-state index contributed by atoms with van der Waals surface area (Å²) in [4.78, 5) is 2.39. The first kappa shape index (κ1) is 15.0. The van der Waals surface area contributed by atoms with Gasteiger partial charge in [0.2, 0.25) is 10.0 Å². The number of rotatable bonds is 3. The largest absolute Gasteiger partial charge is 0.328 e. The molecule has 0 unspecified atom stereocenters. The Kier molecular flexibility index (Phi) is 4.35. The summed E-state index contributed by atoms with van der Waals surface area (Å²) in [6.45, 7) is 6.93. The molecule has 1 aromatic rings. The smallest absolute Gasteiger partial charge is 0.244 e. The minimum atomic E-state index is -3.35. The Morgan fingerprint density at radius 3 is 2.68 bits per heavy atom. The van der Waals surface area contributed by atoms with Crippen LogP contribution >= 0.6 is 11.3 Å². The molecular weight excluding hydrogens is 280 g/mol. The maximum Gasteiger partial charge on any atom is 0.244 e. The van der Waals surface area contributed by atoms with Crippen LogP contribution in [0.4, 0.5) is 0 Å². The number of hydrogen-bond donors (Lipinski definition) is 1. The van der Waals surface area contributed by atoms with Crippen molar-refractivity contribution < 1.29 is 8.42 Å². The van der Waals surface area contributed by atoms with Crippen molar-refractivity contribution >= 4 is 21.4 Å². The van der Waals surface area contributed by atoms with Gasteiger partial charge in [-0.2, -0.15) is 4.31 Å². The van der Waals surface area contributed by atoms with E-state index in [1.807, 2.05) is 20.8 Å². The molecule has 0 spiro atoms. The normalized spacial score (nSPS) is 23.5. The van der Waals surface area contributed by atoms with Crippen molar-refractivity contribution in [2.24, 2.45) is 11.7 Å². The predicted octanol–water partition coefficient (Wildman–Crippen LogP) is 2.11. The predicted molar refractivity (Wildman–Crippen MR) is 78.9 cm³/mol. The number of hydrogen-bond acceptors (Lipinski definition) is 4. The lowest BCUT2D eigenvalue weighted by Crippen LogP contribution is -2.44. The summed E-state index contributed by atoms with van der Waals surface area (Å²) >= 11 is 1.54. The van der Waals surface area contributed by atoms with E-state index < -0.39 is 10.0 Å². The lowest BCUT2D eigenvalue weighted by Gasteiger charge is -2.33. The van der Waals surface area contributed by atoms with Gasteiger partial charge in [0.25, 0.3) is 0 Å². The lowest BCUT2D eigenvalue weighted by molar-refractivity contribution is 0.243. The highest BCUT2D eigenvalue weighted by atomic mass is 32.2. The summed E-state index contributed by atoms with van der Waals surface area (Å²) in [5, 5.41) is 0. The molecule has 0 aliphatic carbocycles. The molecule has 0 saturated carbocycles. The van der Waals surface area contributed by atoms with Crippen molar-refractivity contribution in [3.05, 3.63) is 15.8 Å². The molecule has 2 N–H and O–H groups in total. The molecule has 6 heteroatoms. The molecule has 2 atom stereocenters. The zero-order valence-electron chi connectivity index (χ0n) is 11.7. The molecule has 0 bridgehead atoms. The first-order chi connectivity index (χ1) is 8.82. The number of nitrogens with zero attached hydrogens (tertiary/aromatic N) is 1. The van der Waals surface area contributed by atoms with Crippen LogP contribution in [0, 0.1) is 19.8 Å². The Balaban J connectivity index is 2.27. The van der Waals surface area contributed by atoms with E-state index in [4.69, 9.17) is 5.73 Å². The van der Waals surface area contributed by atoms with Gasteiger partial charge < -0.3 is 5.73 Å². The van der Waals surface area contributed by atoms with Crippen LogP contribution in [0.1, 0.15) is 29.5 Å². The zero-order chi connectivity index (χ0) is 14.2. The maximum atomic E-state index is 12.7. The standard InChI is InChI=1S/C13H22N2O2S2/c1-9-7-13(11(3)18-9)19(16,17)15-6-4-5-12(8-15)10(2)14/h7,10,12H,4-6,8,14H2,1-3H3/t10-,12-/m0/s1. The average Bonchev–Trinajstić information content (AvgIpc) is 2.69. The van der Waals surface area contributed by atoms with Gasteiger partial charge in [-0.1, -0.05) is 0 Å². The Bertz CT molecular complexity index is 549. The number of aryl methyl sites for hydroxylation is 2. The van der Waals surface area contributed by atoms with Crippen LogP contribution in [0.25, 0.3) is 0 Å². The first-order valence-corrected chi connectivity index (χ1v) is 8.91. The SMILES string of the molecule is Cc1cc(S(=O)(=O)N2CCC[C@H]([C@H](C)N)C2)c(C)s1. The molecule has 2 heterocycles. The van der Waals surface area contributed by atoms with Crippen molar-refractivity contribution in [1.82, 2.24) is 4.31 Å². The second-order valence-corrected chi connectivity index (χ2v) is 8.77. The van der Waals surface area contributed by atoms with E-state index in [0.717, 1.165) is 22.6 Å². The number of piperidine rings is 1. The first-order valence-electron chi connectivity index (χ1n) is 6.65. The van der Waals surface area contributed by atoms with Gasteiger partial charge in [-0.25, -0.2) is 8.42 Å². The summed E-state index contributed by atoms with van der Waals surface area (Å²) < 4.78 is 27.0. The van der Waals surface area contributed by atoms with Crippen LogP contribution in [-0.4, -0.2) is 31.9 Å². The Morgan fingerprint density at radius 2 is 2.16 bits per heavy atom.